The predicted molar refractivity (Wildman–Crippen MR) is 56.3 cm³/mol. The summed E-state index contributed by atoms with van der Waals surface area (Å²) in [5, 5.41) is 3.40. The number of hydrogen-bond acceptors (Lipinski definition) is 3. The summed E-state index contributed by atoms with van der Waals surface area (Å²) in [4.78, 5) is 4.06. The van der Waals surface area contributed by atoms with Gasteiger partial charge in [0, 0.05) is 32.2 Å². The van der Waals surface area contributed by atoms with E-state index in [1.807, 2.05) is 18.3 Å². The summed E-state index contributed by atoms with van der Waals surface area (Å²) in [7, 11) is 0. The summed E-state index contributed by atoms with van der Waals surface area (Å²) < 4.78 is 5.31. The van der Waals surface area contributed by atoms with Crippen molar-refractivity contribution in [1.82, 2.24) is 4.98 Å². The highest BCUT2D eigenvalue weighted by Gasteiger charge is 2.12. The van der Waals surface area contributed by atoms with Gasteiger partial charge in [0.05, 0.1) is 5.69 Å². The van der Waals surface area contributed by atoms with E-state index in [4.69, 9.17) is 4.74 Å². The van der Waals surface area contributed by atoms with Crippen molar-refractivity contribution in [2.45, 2.75) is 12.8 Å². The Balaban J connectivity index is 1.76. The van der Waals surface area contributed by atoms with Crippen LogP contribution in [0.1, 0.15) is 12.8 Å². The van der Waals surface area contributed by atoms with E-state index in [0.717, 1.165) is 31.4 Å². The van der Waals surface area contributed by atoms with Crippen molar-refractivity contribution in [3.63, 3.8) is 0 Å². The maximum Gasteiger partial charge on any atom is 0.0526 e. The van der Waals surface area contributed by atoms with E-state index in [1.54, 1.807) is 6.20 Å². The zero-order valence-electron chi connectivity index (χ0n) is 8.28. The highest BCUT2D eigenvalue weighted by atomic mass is 16.5. The van der Waals surface area contributed by atoms with Crippen LogP contribution in [-0.2, 0) is 4.74 Å². The van der Waals surface area contributed by atoms with E-state index in [9.17, 15) is 0 Å². The third-order valence-corrected chi connectivity index (χ3v) is 2.60. The summed E-state index contributed by atoms with van der Waals surface area (Å²) >= 11 is 0. The predicted octanol–water partition coefficient (Wildman–Crippen LogP) is 1.92. The van der Waals surface area contributed by atoms with Crippen molar-refractivity contribution in [2.24, 2.45) is 5.92 Å². The Kier molecular flexibility index (Phi) is 3.35. The quantitative estimate of drug-likeness (QED) is 0.794. The Hall–Kier alpha value is -1.09. The Morgan fingerprint density at radius 3 is 3.00 bits per heavy atom. The molecule has 0 saturated carbocycles. The third-order valence-electron chi connectivity index (χ3n) is 2.60. The molecular formula is C11H16N2O. The summed E-state index contributed by atoms with van der Waals surface area (Å²) in [6.45, 7) is 2.87. The second-order valence-corrected chi connectivity index (χ2v) is 3.68. The van der Waals surface area contributed by atoms with Crippen molar-refractivity contribution < 1.29 is 4.74 Å². The zero-order valence-corrected chi connectivity index (χ0v) is 8.28. The van der Waals surface area contributed by atoms with Gasteiger partial charge in [0.2, 0.25) is 0 Å². The van der Waals surface area contributed by atoms with Crippen LogP contribution < -0.4 is 5.32 Å². The fourth-order valence-corrected chi connectivity index (χ4v) is 1.68. The number of anilines is 1. The standard InChI is InChI=1S/C11H16N2O/c1-2-11(9-12-5-1)13-8-10-3-6-14-7-4-10/h1-2,5,9-10,13H,3-4,6-8H2. The van der Waals surface area contributed by atoms with Gasteiger partial charge >= 0.3 is 0 Å². The van der Waals surface area contributed by atoms with Gasteiger partial charge in [0.15, 0.2) is 0 Å². The molecule has 0 radical (unpaired) electrons. The van der Waals surface area contributed by atoms with Crippen LogP contribution in [0.2, 0.25) is 0 Å². The maximum atomic E-state index is 5.31. The van der Waals surface area contributed by atoms with E-state index in [0.29, 0.717) is 0 Å². The molecule has 0 aliphatic carbocycles. The largest absolute Gasteiger partial charge is 0.384 e. The van der Waals surface area contributed by atoms with Gasteiger partial charge in [-0.05, 0) is 30.9 Å². The lowest BCUT2D eigenvalue weighted by Crippen LogP contribution is -2.22. The fourth-order valence-electron chi connectivity index (χ4n) is 1.68. The summed E-state index contributed by atoms with van der Waals surface area (Å²) in [6, 6.07) is 4.00. The van der Waals surface area contributed by atoms with Gasteiger partial charge in [-0.25, -0.2) is 0 Å². The molecule has 76 valence electrons. The molecule has 1 aliphatic rings. The van der Waals surface area contributed by atoms with Crippen molar-refractivity contribution in [2.75, 3.05) is 25.1 Å². The number of nitrogens with zero attached hydrogens (tertiary/aromatic N) is 1. The molecule has 14 heavy (non-hydrogen) atoms. The lowest BCUT2D eigenvalue weighted by atomic mass is 10.0. The van der Waals surface area contributed by atoms with Gasteiger partial charge in [-0.1, -0.05) is 0 Å². The van der Waals surface area contributed by atoms with Crippen LogP contribution in [0.25, 0.3) is 0 Å². The lowest BCUT2D eigenvalue weighted by molar-refractivity contribution is 0.0699. The average Bonchev–Trinajstić information content (AvgIpc) is 2.29. The summed E-state index contributed by atoms with van der Waals surface area (Å²) in [5.41, 5.74) is 1.11. The van der Waals surface area contributed by atoms with E-state index in [-0.39, 0.29) is 0 Å². The van der Waals surface area contributed by atoms with Gasteiger partial charge in [-0.3, -0.25) is 4.98 Å². The van der Waals surface area contributed by atoms with Crippen LogP contribution in [0.15, 0.2) is 24.5 Å². The van der Waals surface area contributed by atoms with Crippen LogP contribution in [-0.4, -0.2) is 24.7 Å². The molecule has 0 aromatic carbocycles. The molecule has 1 N–H and O–H groups in total. The Morgan fingerprint density at radius 1 is 1.43 bits per heavy atom. The topological polar surface area (TPSA) is 34.2 Å². The minimum absolute atomic E-state index is 0.754. The lowest BCUT2D eigenvalue weighted by Gasteiger charge is -2.22. The molecule has 1 aliphatic heterocycles. The van der Waals surface area contributed by atoms with E-state index in [1.165, 1.54) is 12.8 Å². The van der Waals surface area contributed by atoms with Gasteiger partial charge in [0.1, 0.15) is 0 Å². The van der Waals surface area contributed by atoms with Crippen molar-refractivity contribution in [1.29, 1.82) is 0 Å². The second kappa shape index (κ2) is 4.96. The van der Waals surface area contributed by atoms with E-state index < -0.39 is 0 Å². The van der Waals surface area contributed by atoms with Crippen LogP contribution in [0, 0.1) is 5.92 Å². The molecule has 2 heterocycles. The monoisotopic (exact) mass is 192 g/mol. The number of ether oxygens (including phenoxy) is 1. The number of rotatable bonds is 3. The van der Waals surface area contributed by atoms with Gasteiger partial charge in [-0.15, -0.1) is 0 Å². The molecule has 1 aromatic rings. The highest BCUT2D eigenvalue weighted by molar-refractivity contribution is 5.39. The number of aromatic nitrogens is 1. The van der Waals surface area contributed by atoms with Crippen LogP contribution in [0.3, 0.4) is 0 Å². The average molecular weight is 192 g/mol. The Bertz CT molecular complexity index is 257. The normalized spacial score (nSPS) is 18.0. The zero-order chi connectivity index (χ0) is 9.64. The van der Waals surface area contributed by atoms with Crippen molar-refractivity contribution in [3.05, 3.63) is 24.5 Å². The fraction of sp³-hybridized carbons (Fsp3) is 0.545. The highest BCUT2D eigenvalue weighted by Crippen LogP contribution is 2.15. The smallest absolute Gasteiger partial charge is 0.0526 e. The van der Waals surface area contributed by atoms with Crippen molar-refractivity contribution >= 4 is 5.69 Å². The third kappa shape index (κ3) is 2.70. The van der Waals surface area contributed by atoms with Gasteiger partial charge < -0.3 is 10.1 Å². The molecule has 1 saturated heterocycles. The maximum absolute atomic E-state index is 5.31. The first-order chi connectivity index (χ1) is 6.95. The molecule has 1 fully saturated rings. The first-order valence-electron chi connectivity index (χ1n) is 5.17. The number of nitrogens with one attached hydrogen (secondary N) is 1. The SMILES string of the molecule is c1cncc(NCC2CCOCC2)c1. The molecule has 0 atom stereocenters. The molecule has 0 unspecified atom stereocenters. The molecule has 0 spiro atoms. The molecule has 3 nitrogen and oxygen atoms in total. The molecule has 1 aromatic heterocycles. The van der Waals surface area contributed by atoms with Gasteiger partial charge in [0.25, 0.3) is 0 Å². The summed E-state index contributed by atoms with van der Waals surface area (Å²) in [5.74, 6) is 0.754. The van der Waals surface area contributed by atoms with Crippen LogP contribution in [0.4, 0.5) is 5.69 Å². The molecule has 3 heteroatoms. The minimum Gasteiger partial charge on any atom is -0.384 e. The first kappa shape index (κ1) is 9.46. The number of hydrogen-bond donors (Lipinski definition) is 1. The molecule has 0 amide bonds. The molecular weight excluding hydrogens is 176 g/mol. The van der Waals surface area contributed by atoms with Crippen LogP contribution in [0.5, 0.6) is 0 Å². The first-order valence-corrected chi connectivity index (χ1v) is 5.17. The second-order valence-electron chi connectivity index (χ2n) is 3.68. The summed E-state index contributed by atoms with van der Waals surface area (Å²) in [6.07, 6.45) is 6.00. The van der Waals surface area contributed by atoms with Crippen molar-refractivity contribution in [3.8, 4) is 0 Å². The Morgan fingerprint density at radius 2 is 2.29 bits per heavy atom. The minimum atomic E-state index is 0.754. The molecule has 2 rings (SSSR count). The molecule has 0 bridgehead atoms. The van der Waals surface area contributed by atoms with Crippen LogP contribution >= 0.6 is 0 Å². The number of pyridine rings is 1. The Labute approximate surface area is 84.5 Å². The van der Waals surface area contributed by atoms with E-state index in [2.05, 4.69) is 10.3 Å². The van der Waals surface area contributed by atoms with Gasteiger partial charge in [-0.2, -0.15) is 0 Å². The van der Waals surface area contributed by atoms with E-state index >= 15 is 0 Å².